The Morgan fingerprint density at radius 3 is 2.35 bits per heavy atom. The molecule has 0 amide bonds. The number of aliphatic carboxylic acids is 1. The van der Waals surface area contributed by atoms with Gasteiger partial charge in [0, 0.05) is 16.1 Å². The molecule has 0 bridgehead atoms. The first-order valence-corrected chi connectivity index (χ1v) is 12.3. The van der Waals surface area contributed by atoms with Crippen LogP contribution in [-0.2, 0) is 23.9 Å². The minimum Gasteiger partial charge on any atom is -0.546 e. The van der Waals surface area contributed by atoms with Gasteiger partial charge in [-0.15, -0.1) is 0 Å². The van der Waals surface area contributed by atoms with E-state index in [0.29, 0.717) is 35.1 Å². The van der Waals surface area contributed by atoms with Crippen molar-refractivity contribution in [1.29, 1.82) is 0 Å². The normalized spacial score (nSPS) is 13.3. The lowest BCUT2D eigenvalue weighted by Crippen LogP contribution is -2.83. The quantitative estimate of drug-likeness (QED) is 0.317. The molecule has 0 heterocycles. The summed E-state index contributed by atoms with van der Waals surface area (Å²) >= 11 is 12.7. The summed E-state index contributed by atoms with van der Waals surface area (Å²) in [7, 11) is 0. The van der Waals surface area contributed by atoms with Crippen LogP contribution in [0.15, 0.2) is 60.7 Å². The molecule has 0 spiro atoms. The van der Waals surface area contributed by atoms with Gasteiger partial charge in [-0.2, -0.15) is 13.2 Å². The monoisotopic (exact) mass is 557 g/mol. The maximum absolute atomic E-state index is 13.5. The van der Waals surface area contributed by atoms with Gasteiger partial charge in [-0.05, 0) is 62.1 Å². The fourth-order valence-electron chi connectivity index (χ4n) is 3.85. The number of carboxylic acid groups (broad SMARTS) is 1. The van der Waals surface area contributed by atoms with E-state index in [1.54, 1.807) is 6.07 Å². The largest absolute Gasteiger partial charge is 0.546 e. The van der Waals surface area contributed by atoms with Crippen LogP contribution in [0.3, 0.4) is 0 Å². The Hall–Kier alpha value is -2.81. The lowest BCUT2D eigenvalue weighted by molar-refractivity contribution is -0.707. The summed E-state index contributed by atoms with van der Waals surface area (Å²) in [5.41, 5.74) is 1.24. The van der Waals surface area contributed by atoms with Crippen LogP contribution in [0.4, 0.5) is 17.6 Å². The summed E-state index contributed by atoms with van der Waals surface area (Å²) < 4.78 is 57.6. The van der Waals surface area contributed by atoms with Crippen molar-refractivity contribution in [1.82, 2.24) is 0 Å². The first-order chi connectivity index (χ1) is 17.5. The highest BCUT2D eigenvalue weighted by Crippen LogP contribution is 2.34. The molecule has 2 N–H and O–H groups in total. The number of hydrogen-bond donors (Lipinski definition) is 1. The van der Waals surface area contributed by atoms with Crippen molar-refractivity contribution < 1.29 is 37.5 Å². The molecule has 37 heavy (non-hydrogen) atoms. The average molecular weight is 558 g/mol. The fourth-order valence-corrected chi connectivity index (χ4v) is 4.41. The molecule has 0 aromatic heterocycles. The maximum atomic E-state index is 13.5. The van der Waals surface area contributed by atoms with Crippen LogP contribution < -0.4 is 15.2 Å². The number of aryl methyl sites for hydroxylation is 1. The smallest absolute Gasteiger partial charge is 0.419 e. The molecular weight excluding hydrogens is 533 g/mol. The number of hydrogen-bond acceptors (Lipinski definition) is 3. The highest BCUT2D eigenvalue weighted by molar-refractivity contribution is 6.35. The molecule has 0 aliphatic carbocycles. The zero-order valence-electron chi connectivity index (χ0n) is 19.8. The van der Waals surface area contributed by atoms with Crippen molar-refractivity contribution in [2.75, 3.05) is 0 Å². The number of ether oxygens (including phenoxy) is 1. The van der Waals surface area contributed by atoms with Crippen molar-refractivity contribution >= 4 is 29.2 Å². The van der Waals surface area contributed by atoms with Crippen LogP contribution in [0.2, 0.25) is 10.0 Å². The standard InChI is InChI=1S/C27H25Cl2F4NO3/c1-16(17-6-3-2-4-7-17)34-15-19-12-18(22(28)14-23(19)29)8-5-9-25(26(35)36)37-20-10-11-24(30)21(13-20)27(31,32)33/h2-4,6-7,10-14,16,25,34H,5,8-9,15H2,1H3,(H,35,36)/t16-,25+/m1/s1. The number of halogens is 6. The Balaban J connectivity index is 1.63. The zero-order chi connectivity index (χ0) is 27.2. The average Bonchev–Trinajstić information content (AvgIpc) is 2.84. The van der Waals surface area contributed by atoms with Crippen molar-refractivity contribution in [3.8, 4) is 5.75 Å². The van der Waals surface area contributed by atoms with Gasteiger partial charge >= 0.3 is 6.18 Å². The van der Waals surface area contributed by atoms with Crippen molar-refractivity contribution in [3.05, 3.63) is 98.8 Å². The second-order valence-electron chi connectivity index (χ2n) is 8.63. The molecule has 0 fully saturated rings. The Bertz CT molecular complexity index is 1220. The first kappa shape index (κ1) is 28.8. The van der Waals surface area contributed by atoms with Gasteiger partial charge < -0.3 is 20.0 Å². The SMILES string of the molecule is C[C@@H]([NH2+]Cc1cc(CCC[C@H](Oc2ccc(F)c(C(F)(F)F)c2)C(=O)[O-])c(Cl)cc1Cl)c1ccccc1. The van der Waals surface area contributed by atoms with E-state index in [2.05, 4.69) is 12.2 Å². The van der Waals surface area contributed by atoms with Gasteiger partial charge in [0.2, 0.25) is 0 Å². The number of carbonyl (C=O) groups excluding carboxylic acids is 1. The summed E-state index contributed by atoms with van der Waals surface area (Å²) in [6.07, 6.45) is -5.87. The lowest BCUT2D eigenvalue weighted by atomic mass is 10.0. The van der Waals surface area contributed by atoms with Crippen LogP contribution in [0.1, 0.15) is 48.1 Å². The number of rotatable bonds is 11. The van der Waals surface area contributed by atoms with Gasteiger partial charge in [-0.25, -0.2) is 4.39 Å². The molecule has 3 aromatic carbocycles. The second-order valence-corrected chi connectivity index (χ2v) is 9.45. The summed E-state index contributed by atoms with van der Waals surface area (Å²) in [6, 6.07) is 15.6. The molecule has 10 heteroatoms. The summed E-state index contributed by atoms with van der Waals surface area (Å²) in [6.45, 7) is 2.68. The van der Waals surface area contributed by atoms with Gasteiger partial charge in [-0.3, -0.25) is 0 Å². The van der Waals surface area contributed by atoms with Gasteiger partial charge in [0.25, 0.3) is 0 Å². The van der Waals surface area contributed by atoms with Crippen molar-refractivity contribution in [2.45, 2.75) is 51.1 Å². The van der Waals surface area contributed by atoms with E-state index in [1.165, 1.54) is 5.56 Å². The number of alkyl halides is 3. The van der Waals surface area contributed by atoms with Crippen LogP contribution in [-0.4, -0.2) is 12.1 Å². The second kappa shape index (κ2) is 12.6. The Morgan fingerprint density at radius 2 is 1.70 bits per heavy atom. The number of nitrogens with two attached hydrogens (primary N) is 1. The fraction of sp³-hybridized carbons (Fsp3) is 0.296. The van der Waals surface area contributed by atoms with Crippen LogP contribution in [0.5, 0.6) is 5.75 Å². The topological polar surface area (TPSA) is 66.0 Å². The minimum absolute atomic E-state index is 0.0630. The number of carbonyl (C=O) groups is 1. The molecule has 198 valence electrons. The molecule has 0 aliphatic rings. The summed E-state index contributed by atoms with van der Waals surface area (Å²) in [5, 5.41) is 14.6. The number of carboxylic acids is 1. The lowest BCUT2D eigenvalue weighted by Gasteiger charge is -2.21. The predicted molar refractivity (Wildman–Crippen MR) is 131 cm³/mol. The predicted octanol–water partition coefficient (Wildman–Crippen LogP) is 5.50. The molecule has 0 saturated heterocycles. The summed E-state index contributed by atoms with van der Waals surface area (Å²) in [4.78, 5) is 11.5. The third kappa shape index (κ3) is 8.09. The number of benzene rings is 3. The molecule has 0 aliphatic heterocycles. The molecule has 0 unspecified atom stereocenters. The zero-order valence-corrected chi connectivity index (χ0v) is 21.3. The van der Waals surface area contributed by atoms with E-state index < -0.39 is 35.4 Å². The third-order valence-electron chi connectivity index (χ3n) is 5.93. The highest BCUT2D eigenvalue weighted by Gasteiger charge is 2.34. The molecule has 0 radical (unpaired) electrons. The Kier molecular flexibility index (Phi) is 9.81. The molecule has 3 rings (SSSR count). The highest BCUT2D eigenvalue weighted by atomic mass is 35.5. The van der Waals surface area contributed by atoms with Crippen LogP contribution >= 0.6 is 23.2 Å². The molecule has 3 aromatic rings. The van der Waals surface area contributed by atoms with E-state index in [4.69, 9.17) is 27.9 Å². The Labute approximate surface area is 222 Å². The maximum Gasteiger partial charge on any atom is 0.419 e. The van der Waals surface area contributed by atoms with Crippen LogP contribution in [0, 0.1) is 5.82 Å². The van der Waals surface area contributed by atoms with E-state index in [9.17, 15) is 27.5 Å². The molecular formula is C27H25Cl2F4NO3. The van der Waals surface area contributed by atoms with Crippen molar-refractivity contribution in [3.63, 3.8) is 0 Å². The van der Waals surface area contributed by atoms with E-state index >= 15 is 0 Å². The van der Waals surface area contributed by atoms with Gasteiger partial charge in [0.1, 0.15) is 30.3 Å². The summed E-state index contributed by atoms with van der Waals surface area (Å²) in [5.74, 6) is -3.49. The van der Waals surface area contributed by atoms with Gasteiger partial charge in [-0.1, -0.05) is 53.5 Å². The van der Waals surface area contributed by atoms with Gasteiger partial charge in [0.05, 0.1) is 16.6 Å². The molecule has 0 saturated carbocycles. The van der Waals surface area contributed by atoms with Gasteiger partial charge in [0.15, 0.2) is 0 Å². The van der Waals surface area contributed by atoms with Crippen LogP contribution in [0.25, 0.3) is 0 Å². The third-order valence-corrected chi connectivity index (χ3v) is 6.63. The molecule has 4 nitrogen and oxygen atoms in total. The number of quaternary nitrogens is 1. The van der Waals surface area contributed by atoms with E-state index in [0.717, 1.165) is 17.2 Å². The van der Waals surface area contributed by atoms with Crippen molar-refractivity contribution in [2.24, 2.45) is 0 Å². The minimum atomic E-state index is -4.94. The molecule has 2 atom stereocenters. The van der Waals surface area contributed by atoms with E-state index in [-0.39, 0.29) is 18.9 Å². The van der Waals surface area contributed by atoms with E-state index in [1.807, 2.05) is 36.4 Å². The first-order valence-electron chi connectivity index (χ1n) is 11.5. The Morgan fingerprint density at radius 1 is 1.03 bits per heavy atom.